The molecule has 0 bridgehead atoms. The maximum absolute atomic E-state index is 13.0. The summed E-state index contributed by atoms with van der Waals surface area (Å²) in [7, 11) is 3.85. The molecule has 3 rings (SSSR count). The van der Waals surface area contributed by atoms with Crippen LogP contribution in [0.5, 0.6) is 11.5 Å². The van der Waals surface area contributed by atoms with Crippen LogP contribution in [0.1, 0.15) is 23.6 Å². The monoisotopic (exact) mass is 459 g/mol. The molecule has 0 saturated heterocycles. The fourth-order valence-corrected chi connectivity index (χ4v) is 4.21. The minimum Gasteiger partial charge on any atom is -0.493 e. The number of methoxy groups -OCH3 is 3. The van der Waals surface area contributed by atoms with E-state index >= 15 is 0 Å². The number of carbonyl (C=O) groups excluding carboxylic acids is 3. The molecule has 168 valence electrons. The van der Waals surface area contributed by atoms with E-state index in [9.17, 15) is 14.4 Å². The van der Waals surface area contributed by atoms with Crippen LogP contribution in [-0.4, -0.2) is 51.1 Å². The Hall–Kier alpha value is -3.39. The lowest BCUT2D eigenvalue weighted by Gasteiger charge is -2.40. The number of hydrogen-bond donors (Lipinski definition) is 0. The molecule has 9 heteroatoms. The van der Waals surface area contributed by atoms with Gasteiger partial charge in [-0.3, -0.25) is 4.79 Å². The first-order valence-electron chi connectivity index (χ1n) is 9.69. The van der Waals surface area contributed by atoms with Gasteiger partial charge in [0.15, 0.2) is 11.5 Å². The predicted octanol–water partition coefficient (Wildman–Crippen LogP) is 2.99. The number of halogens is 1. The third-order valence-electron chi connectivity index (χ3n) is 5.41. The summed E-state index contributed by atoms with van der Waals surface area (Å²) in [5.74, 6) is -2.13. The molecule has 1 aromatic heterocycles. The number of nitrogens with zero attached hydrogens (tertiary/aromatic N) is 1. The first-order valence-corrected chi connectivity index (χ1v) is 10.1. The van der Waals surface area contributed by atoms with Gasteiger partial charge in [0, 0.05) is 6.20 Å². The van der Waals surface area contributed by atoms with Crippen LogP contribution in [0.3, 0.4) is 0 Å². The van der Waals surface area contributed by atoms with Crippen LogP contribution in [0.25, 0.3) is 6.08 Å². The minimum absolute atomic E-state index is 0.0434. The van der Waals surface area contributed by atoms with E-state index < -0.39 is 23.3 Å². The molecule has 1 aromatic carbocycles. The third-order valence-corrected chi connectivity index (χ3v) is 5.61. The van der Waals surface area contributed by atoms with Crippen LogP contribution in [0.15, 0.2) is 36.0 Å². The van der Waals surface area contributed by atoms with Gasteiger partial charge in [-0.05, 0) is 54.0 Å². The van der Waals surface area contributed by atoms with E-state index in [1.807, 2.05) is 0 Å². The van der Waals surface area contributed by atoms with Crippen LogP contribution in [0.4, 0.5) is 0 Å². The van der Waals surface area contributed by atoms with Crippen molar-refractivity contribution in [1.82, 2.24) is 4.98 Å². The summed E-state index contributed by atoms with van der Waals surface area (Å²) < 4.78 is 21.1. The largest absolute Gasteiger partial charge is 0.493 e. The molecular formula is C23H22ClNO7. The van der Waals surface area contributed by atoms with Crippen molar-refractivity contribution in [2.75, 3.05) is 27.9 Å². The van der Waals surface area contributed by atoms with Crippen LogP contribution in [0.2, 0.25) is 5.15 Å². The molecule has 1 aliphatic carbocycles. The molecule has 0 radical (unpaired) electrons. The van der Waals surface area contributed by atoms with Gasteiger partial charge in [-0.15, -0.1) is 0 Å². The number of carbonyl (C=O) groups is 3. The van der Waals surface area contributed by atoms with Crippen molar-refractivity contribution in [1.29, 1.82) is 0 Å². The van der Waals surface area contributed by atoms with Crippen LogP contribution >= 0.6 is 11.6 Å². The Labute approximate surface area is 190 Å². The fraction of sp³-hybridized carbons (Fsp3) is 0.304. The first kappa shape index (κ1) is 23.3. The van der Waals surface area contributed by atoms with Gasteiger partial charge in [0.25, 0.3) is 0 Å². The average Bonchev–Trinajstić information content (AvgIpc) is 2.81. The predicted molar refractivity (Wildman–Crippen MR) is 116 cm³/mol. The standard InChI is InChI=1S/C23H22ClNO7/c1-5-32-18-11-16-13(9-17(18)29-2)8-15(21(27)30-3)20(22(28)31-4)23(16,12-26)14-6-7-25-19(24)10-14/h6-12,20H,5H2,1-4H3. The summed E-state index contributed by atoms with van der Waals surface area (Å²) >= 11 is 6.13. The van der Waals surface area contributed by atoms with E-state index in [0.717, 1.165) is 0 Å². The molecule has 0 saturated carbocycles. The Morgan fingerprint density at radius 1 is 1.16 bits per heavy atom. The van der Waals surface area contributed by atoms with Crippen molar-refractivity contribution in [3.8, 4) is 11.5 Å². The van der Waals surface area contributed by atoms with E-state index in [1.165, 1.54) is 39.7 Å². The van der Waals surface area contributed by atoms with Crippen LogP contribution < -0.4 is 9.47 Å². The number of rotatable bonds is 7. The Bertz CT molecular complexity index is 1100. The van der Waals surface area contributed by atoms with Crippen molar-refractivity contribution in [2.45, 2.75) is 12.3 Å². The molecule has 1 aliphatic rings. The Morgan fingerprint density at radius 2 is 1.91 bits per heavy atom. The number of benzene rings is 1. The number of ether oxygens (including phenoxy) is 4. The van der Waals surface area contributed by atoms with E-state index in [1.54, 1.807) is 25.1 Å². The smallest absolute Gasteiger partial charge is 0.334 e. The second-order valence-corrected chi connectivity index (χ2v) is 7.31. The van der Waals surface area contributed by atoms with Crippen LogP contribution in [-0.2, 0) is 29.3 Å². The van der Waals surface area contributed by atoms with E-state index in [-0.39, 0.29) is 10.7 Å². The summed E-state index contributed by atoms with van der Waals surface area (Å²) in [5.41, 5.74) is -0.469. The Kier molecular flexibility index (Phi) is 6.84. The highest BCUT2D eigenvalue weighted by Gasteiger charge is 2.54. The first-order chi connectivity index (χ1) is 15.4. The highest BCUT2D eigenvalue weighted by atomic mass is 35.5. The summed E-state index contributed by atoms with van der Waals surface area (Å²) in [5, 5.41) is 0.113. The molecule has 8 nitrogen and oxygen atoms in total. The lowest BCUT2D eigenvalue weighted by atomic mass is 9.60. The van der Waals surface area contributed by atoms with Crippen molar-refractivity contribution in [3.63, 3.8) is 0 Å². The number of pyridine rings is 1. The van der Waals surface area contributed by atoms with Gasteiger partial charge < -0.3 is 23.7 Å². The molecule has 2 atom stereocenters. The highest BCUT2D eigenvalue weighted by Crippen LogP contribution is 2.50. The molecule has 0 aliphatic heterocycles. The molecule has 2 unspecified atom stereocenters. The fourth-order valence-electron chi connectivity index (χ4n) is 4.04. The summed E-state index contributed by atoms with van der Waals surface area (Å²) in [6.45, 7) is 2.15. The Balaban J connectivity index is 2.49. The quantitative estimate of drug-likeness (QED) is 0.354. The zero-order chi connectivity index (χ0) is 23.5. The second kappa shape index (κ2) is 9.40. The van der Waals surface area contributed by atoms with Gasteiger partial charge in [-0.1, -0.05) is 11.6 Å². The van der Waals surface area contributed by atoms with Gasteiger partial charge in [0.05, 0.1) is 38.9 Å². The van der Waals surface area contributed by atoms with E-state index in [0.29, 0.717) is 41.1 Å². The second-order valence-electron chi connectivity index (χ2n) is 6.92. The number of aldehydes is 1. The molecule has 1 heterocycles. The molecule has 0 fully saturated rings. The number of esters is 2. The molecule has 32 heavy (non-hydrogen) atoms. The highest BCUT2D eigenvalue weighted by molar-refractivity contribution is 6.29. The molecule has 2 aromatic rings. The topological polar surface area (TPSA) is 101 Å². The molecule has 0 amide bonds. The van der Waals surface area contributed by atoms with Crippen LogP contribution in [0, 0.1) is 5.92 Å². The summed E-state index contributed by atoms with van der Waals surface area (Å²) in [6.07, 6.45) is 3.52. The molecule has 0 N–H and O–H groups in total. The number of fused-ring (bicyclic) bond motifs is 1. The zero-order valence-corrected chi connectivity index (χ0v) is 18.8. The van der Waals surface area contributed by atoms with Gasteiger partial charge in [-0.25, -0.2) is 9.78 Å². The number of aromatic nitrogens is 1. The normalized spacial score (nSPS) is 19.3. The number of hydrogen-bond acceptors (Lipinski definition) is 8. The van der Waals surface area contributed by atoms with Crippen molar-refractivity contribution in [2.24, 2.45) is 5.92 Å². The van der Waals surface area contributed by atoms with Gasteiger partial charge in [0.2, 0.25) is 0 Å². The maximum atomic E-state index is 13.0. The van der Waals surface area contributed by atoms with Crippen molar-refractivity contribution in [3.05, 3.63) is 57.9 Å². The van der Waals surface area contributed by atoms with Gasteiger partial charge in [0.1, 0.15) is 17.4 Å². The molecular weight excluding hydrogens is 438 g/mol. The lowest BCUT2D eigenvalue weighted by molar-refractivity contribution is -0.150. The van der Waals surface area contributed by atoms with E-state index in [4.69, 9.17) is 30.5 Å². The lowest BCUT2D eigenvalue weighted by Crippen LogP contribution is -2.47. The zero-order valence-electron chi connectivity index (χ0n) is 18.0. The summed E-state index contributed by atoms with van der Waals surface area (Å²) in [4.78, 5) is 42.7. The van der Waals surface area contributed by atoms with Gasteiger partial charge in [-0.2, -0.15) is 0 Å². The van der Waals surface area contributed by atoms with Crippen molar-refractivity contribution < 1.29 is 33.3 Å². The van der Waals surface area contributed by atoms with Gasteiger partial charge >= 0.3 is 11.9 Å². The minimum atomic E-state index is -1.68. The average molecular weight is 460 g/mol. The van der Waals surface area contributed by atoms with E-state index in [2.05, 4.69) is 4.98 Å². The molecule has 0 spiro atoms. The summed E-state index contributed by atoms with van der Waals surface area (Å²) in [6, 6.07) is 6.30. The maximum Gasteiger partial charge on any atom is 0.334 e. The van der Waals surface area contributed by atoms with Crippen molar-refractivity contribution >= 4 is 35.9 Å². The SMILES string of the molecule is CCOc1cc2c(cc1OC)C=C(C(=O)OC)C(C(=O)OC)C2(C=O)c1ccnc(Cl)c1. The third kappa shape index (κ3) is 3.71. The Morgan fingerprint density at radius 3 is 2.47 bits per heavy atom.